The van der Waals surface area contributed by atoms with Crippen LogP contribution in [0.4, 0.5) is 0 Å². The minimum Gasteiger partial charge on any atom is -0.497 e. The second-order valence-electron chi connectivity index (χ2n) is 7.99. The summed E-state index contributed by atoms with van der Waals surface area (Å²) in [4.78, 5) is 5.06. The third-order valence-electron chi connectivity index (χ3n) is 6.43. The molecule has 0 saturated heterocycles. The molecule has 0 saturated carbocycles. The average molecular weight is 398 g/mol. The molecule has 7 rings (SSSR count). The molecular weight excluding hydrogens is 380 g/mol. The lowest BCUT2D eigenvalue weighted by atomic mass is 9.94. The van der Waals surface area contributed by atoms with E-state index in [-0.39, 0.29) is 0 Å². The van der Waals surface area contributed by atoms with E-state index < -0.39 is 0 Å². The third-order valence-corrected chi connectivity index (χ3v) is 6.43. The Hall–Kier alpha value is -4.11. The first-order valence-electron chi connectivity index (χ1n) is 10.5. The summed E-state index contributed by atoms with van der Waals surface area (Å²) < 4.78 is 7.91. The van der Waals surface area contributed by atoms with Crippen LogP contribution in [-0.2, 0) is 0 Å². The molecule has 0 radical (unpaired) electrons. The van der Waals surface area contributed by atoms with Crippen LogP contribution in [-0.4, -0.2) is 16.5 Å². The maximum absolute atomic E-state index is 5.58. The Morgan fingerprint density at radius 1 is 0.645 bits per heavy atom. The predicted octanol–water partition coefficient (Wildman–Crippen LogP) is 7.11. The molecule has 2 heterocycles. The summed E-state index contributed by atoms with van der Waals surface area (Å²) >= 11 is 0. The molecule has 0 fully saturated rings. The van der Waals surface area contributed by atoms with E-state index in [1.807, 2.05) is 12.1 Å². The van der Waals surface area contributed by atoms with Crippen molar-refractivity contribution in [2.45, 2.75) is 0 Å². The molecule has 0 amide bonds. The van der Waals surface area contributed by atoms with Crippen molar-refractivity contribution < 1.29 is 4.74 Å². The largest absolute Gasteiger partial charge is 0.497 e. The molecule has 0 spiro atoms. The summed E-state index contributed by atoms with van der Waals surface area (Å²) in [5.41, 5.74) is 4.28. The van der Waals surface area contributed by atoms with E-state index in [1.54, 1.807) is 7.11 Å². The molecule has 146 valence electrons. The number of hydrogen-bond donors (Lipinski definition) is 0. The first kappa shape index (κ1) is 16.7. The molecule has 0 aliphatic rings. The van der Waals surface area contributed by atoms with Gasteiger partial charge in [0.05, 0.1) is 23.7 Å². The summed E-state index contributed by atoms with van der Waals surface area (Å²) in [5.74, 6) is 0.839. The van der Waals surface area contributed by atoms with Crippen LogP contribution in [0.2, 0.25) is 0 Å². The molecule has 0 N–H and O–H groups in total. The fourth-order valence-corrected chi connectivity index (χ4v) is 5.11. The van der Waals surface area contributed by atoms with E-state index >= 15 is 0 Å². The van der Waals surface area contributed by atoms with Crippen molar-refractivity contribution in [2.24, 2.45) is 0 Å². The Labute approximate surface area is 178 Å². The zero-order chi connectivity index (χ0) is 20.5. The van der Waals surface area contributed by atoms with Gasteiger partial charge >= 0.3 is 0 Å². The fraction of sp³-hybridized carbons (Fsp3) is 0.0357. The number of ether oxygens (including phenoxy) is 1. The molecule has 0 unspecified atom stereocenters. The van der Waals surface area contributed by atoms with E-state index in [2.05, 4.69) is 83.3 Å². The van der Waals surface area contributed by atoms with Crippen LogP contribution < -0.4 is 4.74 Å². The SMILES string of the molecule is COc1ccc2c(c1)c1nc3ccccc3n1c1c3ccccc3c3ccccc3c21. The Morgan fingerprint density at radius 3 is 2.10 bits per heavy atom. The van der Waals surface area contributed by atoms with Gasteiger partial charge in [0.15, 0.2) is 0 Å². The van der Waals surface area contributed by atoms with Crippen LogP contribution in [0.25, 0.3) is 59.9 Å². The maximum atomic E-state index is 5.58. The van der Waals surface area contributed by atoms with Crippen LogP contribution in [0.3, 0.4) is 0 Å². The first-order chi connectivity index (χ1) is 15.3. The number of imidazole rings is 1. The smallest absolute Gasteiger partial charge is 0.146 e. The van der Waals surface area contributed by atoms with Crippen molar-refractivity contribution in [3.8, 4) is 5.75 Å². The van der Waals surface area contributed by atoms with Crippen LogP contribution >= 0.6 is 0 Å². The number of rotatable bonds is 1. The lowest BCUT2D eigenvalue weighted by Crippen LogP contribution is -1.95. The number of methoxy groups -OCH3 is 1. The van der Waals surface area contributed by atoms with Crippen molar-refractivity contribution in [3.05, 3.63) is 91.0 Å². The van der Waals surface area contributed by atoms with Gasteiger partial charge in [-0.15, -0.1) is 0 Å². The average Bonchev–Trinajstić information content (AvgIpc) is 3.23. The molecule has 0 aliphatic heterocycles. The first-order valence-corrected chi connectivity index (χ1v) is 10.5. The molecule has 0 bridgehead atoms. The van der Waals surface area contributed by atoms with Crippen molar-refractivity contribution in [1.82, 2.24) is 9.38 Å². The predicted molar refractivity (Wildman–Crippen MR) is 129 cm³/mol. The van der Waals surface area contributed by atoms with Gasteiger partial charge in [-0.1, -0.05) is 60.7 Å². The van der Waals surface area contributed by atoms with Crippen LogP contribution in [0.15, 0.2) is 91.0 Å². The van der Waals surface area contributed by atoms with Gasteiger partial charge in [-0.25, -0.2) is 4.98 Å². The highest BCUT2D eigenvalue weighted by Crippen LogP contribution is 2.42. The van der Waals surface area contributed by atoms with E-state index in [0.29, 0.717) is 0 Å². The van der Waals surface area contributed by atoms with E-state index in [1.165, 1.54) is 37.8 Å². The molecule has 31 heavy (non-hydrogen) atoms. The van der Waals surface area contributed by atoms with E-state index in [9.17, 15) is 0 Å². The monoisotopic (exact) mass is 398 g/mol. The van der Waals surface area contributed by atoms with Crippen molar-refractivity contribution in [2.75, 3.05) is 7.11 Å². The molecule has 0 atom stereocenters. The topological polar surface area (TPSA) is 26.5 Å². The molecule has 3 nitrogen and oxygen atoms in total. The zero-order valence-electron chi connectivity index (χ0n) is 17.0. The van der Waals surface area contributed by atoms with Gasteiger partial charge in [-0.3, -0.25) is 4.40 Å². The highest BCUT2D eigenvalue weighted by molar-refractivity contribution is 6.32. The zero-order valence-corrected chi connectivity index (χ0v) is 17.0. The fourth-order valence-electron chi connectivity index (χ4n) is 5.11. The molecule has 7 aromatic rings. The number of aromatic nitrogens is 2. The molecular formula is C28H18N2O. The summed E-state index contributed by atoms with van der Waals surface area (Å²) in [6.45, 7) is 0. The summed E-state index contributed by atoms with van der Waals surface area (Å²) in [5, 5.41) is 8.57. The summed E-state index contributed by atoms with van der Waals surface area (Å²) in [6, 6.07) is 32.1. The normalized spacial score (nSPS) is 12.0. The molecule has 5 aromatic carbocycles. The number of pyridine rings is 1. The second-order valence-corrected chi connectivity index (χ2v) is 7.99. The van der Waals surface area contributed by atoms with Gasteiger partial charge in [0.1, 0.15) is 11.4 Å². The highest BCUT2D eigenvalue weighted by Gasteiger charge is 2.18. The number of fused-ring (bicyclic) bond motifs is 13. The highest BCUT2D eigenvalue weighted by atomic mass is 16.5. The lowest BCUT2D eigenvalue weighted by molar-refractivity contribution is 0.415. The summed E-state index contributed by atoms with van der Waals surface area (Å²) in [6.07, 6.45) is 0. The molecule has 0 aliphatic carbocycles. The minimum absolute atomic E-state index is 0.839. The Kier molecular flexibility index (Phi) is 3.20. The van der Waals surface area contributed by atoms with Crippen LogP contribution in [0, 0.1) is 0 Å². The van der Waals surface area contributed by atoms with E-state index in [4.69, 9.17) is 9.72 Å². The van der Waals surface area contributed by atoms with Crippen LogP contribution in [0.1, 0.15) is 0 Å². The Morgan fingerprint density at radius 2 is 1.29 bits per heavy atom. The number of nitrogens with zero attached hydrogens (tertiary/aromatic N) is 2. The summed E-state index contributed by atoms with van der Waals surface area (Å²) in [7, 11) is 1.71. The lowest BCUT2D eigenvalue weighted by Gasteiger charge is -2.16. The van der Waals surface area contributed by atoms with Crippen LogP contribution in [0.5, 0.6) is 5.75 Å². The second kappa shape index (κ2) is 5.96. The standard InChI is InChI=1S/C28H18N2O/c1-31-17-14-15-21-23(16-17)28-29-24-12-6-7-13-25(24)30(28)27-22-11-5-3-9-19(22)18-8-2-4-10-20(18)26(21)27/h2-16H,1H3. The number of para-hydroxylation sites is 2. The number of benzene rings is 5. The Balaban J connectivity index is 1.95. The van der Waals surface area contributed by atoms with Gasteiger partial charge < -0.3 is 4.74 Å². The third kappa shape index (κ3) is 2.10. The van der Waals surface area contributed by atoms with Gasteiger partial charge in [0.25, 0.3) is 0 Å². The van der Waals surface area contributed by atoms with Gasteiger partial charge in [0, 0.05) is 16.2 Å². The van der Waals surface area contributed by atoms with Gasteiger partial charge in [-0.2, -0.15) is 0 Å². The molecule has 3 heteroatoms. The maximum Gasteiger partial charge on any atom is 0.146 e. The van der Waals surface area contributed by atoms with E-state index in [0.717, 1.165) is 27.8 Å². The minimum atomic E-state index is 0.839. The number of hydrogen-bond acceptors (Lipinski definition) is 2. The van der Waals surface area contributed by atoms with Crippen molar-refractivity contribution in [3.63, 3.8) is 0 Å². The van der Waals surface area contributed by atoms with Gasteiger partial charge in [-0.05, 0) is 51.9 Å². The van der Waals surface area contributed by atoms with Gasteiger partial charge in [0.2, 0.25) is 0 Å². The Bertz CT molecular complexity index is 1830. The quantitative estimate of drug-likeness (QED) is 0.276. The van der Waals surface area contributed by atoms with Crippen molar-refractivity contribution in [1.29, 1.82) is 0 Å². The molecule has 2 aromatic heterocycles. The van der Waals surface area contributed by atoms with Crippen molar-refractivity contribution >= 4 is 59.9 Å².